The Balaban J connectivity index is 1.33. The van der Waals surface area contributed by atoms with Gasteiger partial charge in [0.05, 0.1) is 29.6 Å². The van der Waals surface area contributed by atoms with Gasteiger partial charge in [-0.2, -0.15) is 0 Å². The molecule has 2 bridgehead atoms. The minimum atomic E-state index is -4.06. The number of fused-ring (bicyclic) bond motifs is 3. The van der Waals surface area contributed by atoms with Gasteiger partial charge in [-0.25, -0.2) is 27.8 Å². The molecular weight excluding hydrogens is 599 g/mol. The number of ketones is 1. The predicted molar refractivity (Wildman–Crippen MR) is 167 cm³/mol. The number of nitrogens with one attached hydrogen (secondary N) is 1. The van der Waals surface area contributed by atoms with Gasteiger partial charge >= 0.3 is 0 Å². The van der Waals surface area contributed by atoms with Crippen molar-refractivity contribution in [1.82, 2.24) is 19.9 Å². The molecule has 1 amide bonds. The van der Waals surface area contributed by atoms with Crippen LogP contribution >= 0.6 is 0 Å². The molecule has 2 aromatic heterocycles. The highest BCUT2D eigenvalue weighted by atomic mass is 32.2. The third kappa shape index (κ3) is 5.82. The van der Waals surface area contributed by atoms with Gasteiger partial charge in [0.2, 0.25) is 11.8 Å². The molecule has 6 rings (SSSR count). The highest BCUT2D eigenvalue weighted by Gasteiger charge is 2.46. The number of carbonyl (C=O) groups is 2. The zero-order valence-corrected chi connectivity index (χ0v) is 25.7. The van der Waals surface area contributed by atoms with E-state index in [1.54, 1.807) is 12.3 Å². The van der Waals surface area contributed by atoms with Crippen LogP contribution < -0.4 is 14.4 Å². The van der Waals surface area contributed by atoms with Crippen LogP contribution in [-0.4, -0.2) is 71.7 Å². The molecule has 13 heteroatoms. The Labute approximate surface area is 259 Å². The summed E-state index contributed by atoms with van der Waals surface area (Å²) in [5.41, 5.74) is 2.21. The fourth-order valence-corrected chi connectivity index (χ4v) is 7.23. The minimum absolute atomic E-state index is 0.0222. The van der Waals surface area contributed by atoms with Gasteiger partial charge < -0.3 is 14.5 Å². The van der Waals surface area contributed by atoms with E-state index in [9.17, 15) is 22.4 Å². The zero-order valence-electron chi connectivity index (χ0n) is 24.8. The number of anilines is 2. The van der Waals surface area contributed by atoms with E-state index in [-0.39, 0.29) is 46.3 Å². The number of hydrogen-bond acceptors (Lipinski definition) is 9. The first-order chi connectivity index (χ1) is 21.6. The minimum Gasteiger partial charge on any atom is -0.480 e. The molecule has 2 fully saturated rings. The molecule has 2 aliphatic heterocycles. The number of benzene rings is 2. The average Bonchev–Trinajstić information content (AvgIpc) is 3.37. The van der Waals surface area contributed by atoms with Crippen molar-refractivity contribution in [2.75, 3.05) is 23.3 Å². The van der Waals surface area contributed by atoms with Gasteiger partial charge in [0, 0.05) is 35.8 Å². The summed E-state index contributed by atoms with van der Waals surface area (Å²) in [4.78, 5) is 41.9. The number of sulfonamides is 1. The normalized spacial score (nSPS) is 19.7. The zero-order chi connectivity index (χ0) is 31.9. The Morgan fingerprint density at radius 1 is 1.02 bits per heavy atom. The Morgan fingerprint density at radius 2 is 1.80 bits per heavy atom. The highest BCUT2D eigenvalue weighted by molar-refractivity contribution is 7.92. The number of allylic oxidation sites excluding steroid dienone is 1. The average molecular weight is 631 g/mol. The monoisotopic (exact) mass is 630 g/mol. The Morgan fingerprint density at radius 3 is 2.53 bits per heavy atom. The number of piperazine rings is 1. The Kier molecular flexibility index (Phi) is 7.96. The van der Waals surface area contributed by atoms with Gasteiger partial charge in [-0.15, -0.1) is 0 Å². The SMILES string of the molecule is COc1ncc(-c2ccc3ncnc(N4CC5CCC([C@@H]4C)N5C(=O)/C=C/C(C)=O)c3c2)cc1NS(=O)(=O)c1ccc(F)cc1. The first-order valence-corrected chi connectivity index (χ1v) is 15.9. The van der Waals surface area contributed by atoms with Crippen LogP contribution in [0.4, 0.5) is 15.9 Å². The van der Waals surface area contributed by atoms with E-state index in [2.05, 4.69) is 31.5 Å². The maximum Gasteiger partial charge on any atom is 0.262 e. The van der Waals surface area contributed by atoms with E-state index < -0.39 is 15.8 Å². The summed E-state index contributed by atoms with van der Waals surface area (Å²) in [5.74, 6) is -0.0680. The van der Waals surface area contributed by atoms with Gasteiger partial charge in [-0.3, -0.25) is 14.3 Å². The highest BCUT2D eigenvalue weighted by Crippen LogP contribution is 2.39. The van der Waals surface area contributed by atoms with Crippen molar-refractivity contribution in [2.24, 2.45) is 0 Å². The molecule has 45 heavy (non-hydrogen) atoms. The number of pyridine rings is 1. The smallest absolute Gasteiger partial charge is 0.262 e. The molecule has 0 radical (unpaired) electrons. The van der Waals surface area contributed by atoms with Crippen LogP contribution in [0.3, 0.4) is 0 Å². The number of rotatable bonds is 8. The van der Waals surface area contributed by atoms with E-state index in [0.29, 0.717) is 12.1 Å². The number of nitrogens with zero attached hydrogens (tertiary/aromatic N) is 5. The molecule has 2 aliphatic rings. The summed E-state index contributed by atoms with van der Waals surface area (Å²) in [6.45, 7) is 4.07. The van der Waals surface area contributed by atoms with Gasteiger partial charge in [0.1, 0.15) is 23.6 Å². The van der Waals surface area contributed by atoms with Gasteiger partial charge in [-0.05, 0) is 80.8 Å². The number of amides is 1. The lowest BCUT2D eigenvalue weighted by molar-refractivity contribution is -0.130. The topological polar surface area (TPSA) is 135 Å². The molecule has 232 valence electrons. The van der Waals surface area contributed by atoms with Crippen LogP contribution in [0.1, 0.15) is 26.7 Å². The summed E-state index contributed by atoms with van der Waals surface area (Å²) in [5, 5.41) is 0.793. The fraction of sp³-hybridized carbons (Fsp3) is 0.281. The summed E-state index contributed by atoms with van der Waals surface area (Å²) in [6, 6.07) is 11.7. The van der Waals surface area contributed by atoms with Crippen LogP contribution in [-0.2, 0) is 19.6 Å². The second kappa shape index (κ2) is 11.9. The van der Waals surface area contributed by atoms with Crippen molar-refractivity contribution in [2.45, 2.75) is 49.7 Å². The molecule has 3 atom stereocenters. The van der Waals surface area contributed by atoms with E-state index >= 15 is 0 Å². The fourth-order valence-electron chi connectivity index (χ4n) is 6.18. The molecule has 2 saturated heterocycles. The van der Waals surface area contributed by atoms with Gasteiger partial charge in [-0.1, -0.05) is 6.07 Å². The Hall–Kier alpha value is -4.91. The predicted octanol–water partition coefficient (Wildman–Crippen LogP) is 4.35. The van der Waals surface area contributed by atoms with Gasteiger partial charge in [0.25, 0.3) is 10.0 Å². The van der Waals surface area contributed by atoms with Crippen molar-refractivity contribution in [1.29, 1.82) is 0 Å². The molecule has 4 aromatic rings. The van der Waals surface area contributed by atoms with Crippen molar-refractivity contribution < 1.29 is 27.1 Å². The number of methoxy groups -OCH3 is 1. The summed E-state index contributed by atoms with van der Waals surface area (Å²) < 4.78 is 47.4. The van der Waals surface area contributed by atoms with Crippen LogP contribution in [0.15, 0.2) is 78.1 Å². The summed E-state index contributed by atoms with van der Waals surface area (Å²) in [7, 11) is -2.67. The van der Waals surface area contributed by atoms with Crippen LogP contribution in [0, 0.1) is 5.82 Å². The van der Waals surface area contributed by atoms with Crippen LogP contribution in [0.25, 0.3) is 22.0 Å². The first kappa shape index (κ1) is 30.1. The summed E-state index contributed by atoms with van der Waals surface area (Å²) in [6.07, 6.45) is 7.49. The third-order valence-corrected chi connectivity index (χ3v) is 9.73. The second-order valence-electron chi connectivity index (χ2n) is 11.2. The maximum atomic E-state index is 13.4. The number of ether oxygens (including phenoxy) is 1. The number of hydrogen-bond donors (Lipinski definition) is 1. The van der Waals surface area contributed by atoms with E-state index in [1.807, 2.05) is 23.1 Å². The molecular formula is C32H31FN6O5S. The van der Waals surface area contributed by atoms with Crippen LogP contribution in [0.5, 0.6) is 5.88 Å². The quantitative estimate of drug-likeness (QED) is 0.282. The lowest BCUT2D eigenvalue weighted by Gasteiger charge is -2.46. The molecule has 0 saturated carbocycles. The first-order valence-electron chi connectivity index (χ1n) is 14.4. The van der Waals surface area contributed by atoms with Crippen molar-refractivity contribution in [3.8, 4) is 17.0 Å². The third-order valence-electron chi connectivity index (χ3n) is 8.35. The van der Waals surface area contributed by atoms with E-state index in [0.717, 1.165) is 47.3 Å². The van der Waals surface area contributed by atoms with Crippen LogP contribution in [0.2, 0.25) is 0 Å². The second-order valence-corrected chi connectivity index (χ2v) is 12.8. The number of carbonyl (C=O) groups excluding carboxylic acids is 2. The molecule has 4 heterocycles. The standard InChI is InChI=1S/C32H31FN6O5S/c1-19(40)4-13-30(41)39-24-8-12-29(39)20(2)38(17-24)31-26-14-21(5-11-27(26)35-18-36-31)22-15-28(32(44-3)34-16-22)37-45(42,43)25-9-6-23(33)7-10-25/h4-7,9-11,13-16,18,20,24,29,37H,8,12,17H2,1-3H3/b13-4+/t20-,24?,29?/m0/s1. The van der Waals surface area contributed by atoms with E-state index in [4.69, 9.17) is 4.74 Å². The lowest BCUT2D eigenvalue weighted by Crippen LogP contribution is -2.60. The molecule has 0 spiro atoms. The maximum absolute atomic E-state index is 13.4. The lowest BCUT2D eigenvalue weighted by atomic mass is 10.0. The number of aromatic nitrogens is 3. The van der Waals surface area contributed by atoms with Crippen molar-refractivity contribution in [3.05, 3.63) is 79.0 Å². The number of halogens is 1. The molecule has 1 N–H and O–H groups in total. The van der Waals surface area contributed by atoms with Crippen molar-refractivity contribution in [3.63, 3.8) is 0 Å². The molecule has 2 aromatic carbocycles. The largest absolute Gasteiger partial charge is 0.480 e. The van der Waals surface area contributed by atoms with E-state index in [1.165, 1.54) is 44.6 Å². The van der Waals surface area contributed by atoms with Crippen molar-refractivity contribution >= 4 is 44.1 Å². The molecule has 0 aliphatic carbocycles. The molecule has 11 nitrogen and oxygen atoms in total. The van der Waals surface area contributed by atoms with Gasteiger partial charge in [0.15, 0.2) is 5.78 Å². The molecule has 2 unspecified atom stereocenters. The summed E-state index contributed by atoms with van der Waals surface area (Å²) >= 11 is 0. The Bertz CT molecular complexity index is 1930.